The Morgan fingerprint density at radius 2 is 1.74 bits per heavy atom. The van der Waals surface area contributed by atoms with Crippen molar-refractivity contribution in [3.8, 4) is 0 Å². The van der Waals surface area contributed by atoms with Gasteiger partial charge in [0.25, 0.3) is 0 Å². The SMILES string of the molecule is CCCCN(CCCC)c1ccc([C@@H](O)CC)nc1. The van der Waals surface area contributed by atoms with Gasteiger partial charge in [-0.1, -0.05) is 33.6 Å². The van der Waals surface area contributed by atoms with E-state index in [1.54, 1.807) is 0 Å². The number of pyridine rings is 1. The number of aliphatic hydroxyl groups excluding tert-OH is 1. The Bertz CT molecular complexity index is 329. The standard InChI is InChI=1S/C16H28N2O/c1-4-7-11-18(12-8-5-2)14-9-10-15(17-13-14)16(19)6-3/h9-10,13,16,19H,4-8,11-12H2,1-3H3/t16-/m0/s1. The van der Waals surface area contributed by atoms with Crippen LogP contribution >= 0.6 is 0 Å². The second-order valence-corrected chi connectivity index (χ2v) is 5.06. The number of unbranched alkanes of at least 4 members (excludes halogenated alkanes) is 2. The summed E-state index contributed by atoms with van der Waals surface area (Å²) in [5.74, 6) is 0. The van der Waals surface area contributed by atoms with Crippen LogP contribution in [0.25, 0.3) is 0 Å². The fraction of sp³-hybridized carbons (Fsp3) is 0.688. The fourth-order valence-corrected chi connectivity index (χ4v) is 2.06. The molecule has 1 aromatic rings. The molecule has 0 radical (unpaired) electrons. The van der Waals surface area contributed by atoms with Crippen molar-refractivity contribution in [2.45, 2.75) is 59.0 Å². The molecule has 19 heavy (non-hydrogen) atoms. The zero-order valence-electron chi connectivity index (χ0n) is 12.6. The van der Waals surface area contributed by atoms with Gasteiger partial charge in [0.05, 0.1) is 23.7 Å². The van der Waals surface area contributed by atoms with Crippen LogP contribution in [-0.4, -0.2) is 23.2 Å². The normalized spacial score (nSPS) is 12.4. The van der Waals surface area contributed by atoms with Gasteiger partial charge < -0.3 is 10.0 Å². The van der Waals surface area contributed by atoms with E-state index in [1.807, 2.05) is 19.2 Å². The number of hydrogen-bond donors (Lipinski definition) is 1. The minimum Gasteiger partial charge on any atom is -0.387 e. The van der Waals surface area contributed by atoms with Crippen LogP contribution in [0.5, 0.6) is 0 Å². The number of hydrogen-bond acceptors (Lipinski definition) is 3. The van der Waals surface area contributed by atoms with Crippen LogP contribution in [0.15, 0.2) is 18.3 Å². The molecule has 0 fully saturated rings. The maximum absolute atomic E-state index is 9.77. The second-order valence-electron chi connectivity index (χ2n) is 5.06. The maximum Gasteiger partial charge on any atom is 0.0957 e. The molecular formula is C16H28N2O. The first kappa shape index (κ1) is 16.0. The Balaban J connectivity index is 2.71. The van der Waals surface area contributed by atoms with Crippen LogP contribution in [0.4, 0.5) is 5.69 Å². The summed E-state index contributed by atoms with van der Waals surface area (Å²) in [7, 11) is 0. The van der Waals surface area contributed by atoms with Crippen molar-refractivity contribution in [2.75, 3.05) is 18.0 Å². The maximum atomic E-state index is 9.77. The number of aromatic nitrogens is 1. The Morgan fingerprint density at radius 1 is 1.11 bits per heavy atom. The average Bonchev–Trinajstić information content (AvgIpc) is 2.47. The molecule has 3 heteroatoms. The first-order valence-corrected chi connectivity index (χ1v) is 7.61. The van der Waals surface area contributed by atoms with Gasteiger partial charge in [-0.2, -0.15) is 0 Å². The number of rotatable bonds is 9. The molecule has 0 bridgehead atoms. The van der Waals surface area contributed by atoms with Crippen molar-refractivity contribution in [2.24, 2.45) is 0 Å². The van der Waals surface area contributed by atoms with Gasteiger partial charge in [-0.05, 0) is 31.4 Å². The molecule has 0 aliphatic rings. The minimum atomic E-state index is -0.436. The lowest BCUT2D eigenvalue weighted by Crippen LogP contribution is -2.25. The highest BCUT2D eigenvalue weighted by Crippen LogP contribution is 2.19. The molecule has 1 rings (SSSR count). The van der Waals surface area contributed by atoms with Gasteiger partial charge in [0.2, 0.25) is 0 Å². The lowest BCUT2D eigenvalue weighted by molar-refractivity contribution is 0.169. The smallest absolute Gasteiger partial charge is 0.0957 e. The van der Waals surface area contributed by atoms with Crippen molar-refractivity contribution < 1.29 is 5.11 Å². The molecular weight excluding hydrogens is 236 g/mol. The first-order valence-electron chi connectivity index (χ1n) is 7.61. The van der Waals surface area contributed by atoms with Gasteiger partial charge in [0.15, 0.2) is 0 Å². The topological polar surface area (TPSA) is 36.4 Å². The molecule has 0 unspecified atom stereocenters. The lowest BCUT2D eigenvalue weighted by atomic mass is 10.1. The van der Waals surface area contributed by atoms with E-state index < -0.39 is 6.10 Å². The summed E-state index contributed by atoms with van der Waals surface area (Å²) in [5.41, 5.74) is 1.95. The first-order chi connectivity index (χ1) is 9.22. The summed E-state index contributed by atoms with van der Waals surface area (Å²) < 4.78 is 0. The fourth-order valence-electron chi connectivity index (χ4n) is 2.06. The van der Waals surface area contributed by atoms with Crippen molar-refractivity contribution in [1.29, 1.82) is 0 Å². The zero-order valence-corrected chi connectivity index (χ0v) is 12.6. The molecule has 108 valence electrons. The molecule has 1 atom stereocenters. The van der Waals surface area contributed by atoms with E-state index in [-0.39, 0.29) is 0 Å². The van der Waals surface area contributed by atoms with E-state index in [4.69, 9.17) is 0 Å². The number of aliphatic hydroxyl groups is 1. The molecule has 1 heterocycles. The Labute approximate surface area is 117 Å². The van der Waals surface area contributed by atoms with Gasteiger partial charge in [0, 0.05) is 13.1 Å². The zero-order chi connectivity index (χ0) is 14.1. The van der Waals surface area contributed by atoms with Gasteiger partial charge in [-0.3, -0.25) is 4.98 Å². The van der Waals surface area contributed by atoms with Gasteiger partial charge in [0.1, 0.15) is 0 Å². The molecule has 0 aliphatic carbocycles. The van der Waals surface area contributed by atoms with Crippen LogP contribution in [0.3, 0.4) is 0 Å². The molecule has 3 nitrogen and oxygen atoms in total. The van der Waals surface area contributed by atoms with E-state index in [9.17, 15) is 5.11 Å². The minimum absolute atomic E-state index is 0.436. The van der Waals surface area contributed by atoms with E-state index in [2.05, 4.69) is 29.8 Å². The molecule has 0 amide bonds. The molecule has 0 saturated heterocycles. The third-order valence-corrected chi connectivity index (χ3v) is 3.43. The highest BCUT2D eigenvalue weighted by Gasteiger charge is 2.09. The summed E-state index contributed by atoms with van der Waals surface area (Å²) >= 11 is 0. The van der Waals surface area contributed by atoms with Crippen LogP contribution in [0.1, 0.15) is 64.7 Å². The summed E-state index contributed by atoms with van der Waals surface area (Å²) in [6.45, 7) is 8.59. The third kappa shape index (κ3) is 5.19. The van der Waals surface area contributed by atoms with Crippen LogP contribution < -0.4 is 4.90 Å². The summed E-state index contributed by atoms with van der Waals surface area (Å²) in [6.07, 6.45) is 7.02. The van der Waals surface area contributed by atoms with Gasteiger partial charge in [-0.25, -0.2) is 0 Å². The van der Waals surface area contributed by atoms with E-state index >= 15 is 0 Å². The quantitative estimate of drug-likeness (QED) is 0.734. The van der Waals surface area contributed by atoms with E-state index in [0.29, 0.717) is 6.42 Å². The van der Waals surface area contributed by atoms with E-state index in [1.165, 1.54) is 31.4 Å². The van der Waals surface area contributed by atoms with Crippen molar-refractivity contribution >= 4 is 5.69 Å². The second kappa shape index (κ2) is 8.92. The molecule has 0 saturated carbocycles. The number of nitrogens with zero attached hydrogens (tertiary/aromatic N) is 2. The number of anilines is 1. The molecule has 1 aromatic heterocycles. The van der Waals surface area contributed by atoms with Crippen molar-refractivity contribution in [3.63, 3.8) is 0 Å². The summed E-state index contributed by atoms with van der Waals surface area (Å²) in [5, 5.41) is 9.77. The summed E-state index contributed by atoms with van der Waals surface area (Å²) in [6, 6.07) is 4.04. The Hall–Kier alpha value is -1.09. The summed E-state index contributed by atoms with van der Waals surface area (Å²) in [4.78, 5) is 6.80. The van der Waals surface area contributed by atoms with Crippen LogP contribution in [0, 0.1) is 0 Å². The largest absolute Gasteiger partial charge is 0.387 e. The van der Waals surface area contributed by atoms with Crippen LogP contribution in [-0.2, 0) is 0 Å². The molecule has 0 aliphatic heterocycles. The van der Waals surface area contributed by atoms with Crippen molar-refractivity contribution in [1.82, 2.24) is 4.98 Å². The van der Waals surface area contributed by atoms with E-state index in [0.717, 1.165) is 18.8 Å². The predicted molar refractivity (Wildman–Crippen MR) is 81.5 cm³/mol. The highest BCUT2D eigenvalue weighted by atomic mass is 16.3. The lowest BCUT2D eigenvalue weighted by Gasteiger charge is -2.24. The molecule has 0 spiro atoms. The Kier molecular flexibility index (Phi) is 7.49. The molecule has 0 aromatic carbocycles. The predicted octanol–water partition coefficient (Wildman–Crippen LogP) is 3.93. The molecule has 1 N–H and O–H groups in total. The van der Waals surface area contributed by atoms with Crippen LogP contribution in [0.2, 0.25) is 0 Å². The van der Waals surface area contributed by atoms with Gasteiger partial charge >= 0.3 is 0 Å². The third-order valence-electron chi connectivity index (χ3n) is 3.43. The van der Waals surface area contributed by atoms with Crippen molar-refractivity contribution in [3.05, 3.63) is 24.0 Å². The average molecular weight is 264 g/mol. The highest BCUT2D eigenvalue weighted by molar-refractivity contribution is 5.44. The Morgan fingerprint density at radius 3 is 2.16 bits per heavy atom. The van der Waals surface area contributed by atoms with Gasteiger partial charge in [-0.15, -0.1) is 0 Å². The monoisotopic (exact) mass is 264 g/mol.